The molecule has 1 aromatic rings. The number of halogens is 1. The van der Waals surface area contributed by atoms with Gasteiger partial charge in [0, 0.05) is 32.1 Å². The Hall–Kier alpha value is -1.51. The maximum Gasteiger partial charge on any atom is 0.243 e. The van der Waals surface area contributed by atoms with Gasteiger partial charge in [-0.05, 0) is 50.2 Å². The van der Waals surface area contributed by atoms with Crippen molar-refractivity contribution in [1.82, 2.24) is 14.5 Å². The number of nitrogens with zero attached hydrogens (tertiary/aromatic N) is 2. The van der Waals surface area contributed by atoms with E-state index in [-0.39, 0.29) is 16.7 Å². The van der Waals surface area contributed by atoms with Gasteiger partial charge < -0.3 is 10.2 Å². The highest BCUT2D eigenvalue weighted by Crippen LogP contribution is 2.24. The van der Waals surface area contributed by atoms with Gasteiger partial charge in [0.25, 0.3) is 0 Å². The minimum Gasteiger partial charge on any atom is -0.355 e. The van der Waals surface area contributed by atoms with Crippen molar-refractivity contribution in [2.75, 3.05) is 39.3 Å². The lowest BCUT2D eigenvalue weighted by molar-refractivity contribution is -0.126. The monoisotopic (exact) mass is 385 g/mol. The summed E-state index contributed by atoms with van der Waals surface area (Å²) < 4.78 is 39.5. The molecule has 0 aromatic heterocycles. The molecule has 26 heavy (non-hydrogen) atoms. The second-order valence-corrected chi connectivity index (χ2v) is 8.39. The number of hydrogen-bond donors (Lipinski definition) is 1. The fourth-order valence-electron chi connectivity index (χ4n) is 3.14. The lowest BCUT2D eigenvalue weighted by Gasteiger charge is -2.30. The summed E-state index contributed by atoms with van der Waals surface area (Å²) in [7, 11) is -3.63. The summed E-state index contributed by atoms with van der Waals surface area (Å²) >= 11 is 0. The number of hydrogen-bond acceptors (Lipinski definition) is 4. The molecule has 1 aliphatic rings. The predicted octanol–water partition coefficient (Wildman–Crippen LogP) is 1.68. The van der Waals surface area contributed by atoms with Crippen LogP contribution < -0.4 is 5.32 Å². The number of piperidine rings is 1. The van der Waals surface area contributed by atoms with Crippen molar-refractivity contribution >= 4 is 15.9 Å². The number of likely N-dealkylation sites (N-methyl/N-ethyl adjacent to an activating group) is 1. The lowest BCUT2D eigenvalue weighted by atomic mass is 9.97. The van der Waals surface area contributed by atoms with Gasteiger partial charge in [-0.2, -0.15) is 4.31 Å². The zero-order valence-corrected chi connectivity index (χ0v) is 16.3. The van der Waals surface area contributed by atoms with Gasteiger partial charge in [0.15, 0.2) is 0 Å². The molecule has 1 aromatic carbocycles. The van der Waals surface area contributed by atoms with Crippen molar-refractivity contribution in [3.05, 3.63) is 30.1 Å². The Bertz CT molecular complexity index is 682. The third kappa shape index (κ3) is 5.25. The molecule has 0 aliphatic carbocycles. The first kappa shape index (κ1) is 20.8. The van der Waals surface area contributed by atoms with E-state index in [1.807, 2.05) is 0 Å². The highest BCUT2D eigenvalue weighted by molar-refractivity contribution is 7.89. The maximum absolute atomic E-state index is 13.0. The molecule has 6 nitrogen and oxygen atoms in total. The second kappa shape index (κ2) is 9.43. The Morgan fingerprint density at radius 2 is 1.77 bits per heavy atom. The molecular weight excluding hydrogens is 357 g/mol. The van der Waals surface area contributed by atoms with E-state index in [4.69, 9.17) is 0 Å². The molecule has 0 saturated carbocycles. The quantitative estimate of drug-likeness (QED) is 0.739. The van der Waals surface area contributed by atoms with Crippen molar-refractivity contribution in [3.63, 3.8) is 0 Å². The molecule has 1 aliphatic heterocycles. The van der Waals surface area contributed by atoms with Gasteiger partial charge in [-0.25, -0.2) is 12.8 Å². The van der Waals surface area contributed by atoms with Crippen LogP contribution >= 0.6 is 0 Å². The Kier molecular flexibility index (Phi) is 7.55. The minimum atomic E-state index is -3.63. The maximum atomic E-state index is 13.0. The number of amides is 1. The first-order valence-corrected chi connectivity index (χ1v) is 10.6. The third-order valence-electron chi connectivity index (χ3n) is 4.90. The van der Waals surface area contributed by atoms with Crippen molar-refractivity contribution in [3.8, 4) is 0 Å². The van der Waals surface area contributed by atoms with Crippen molar-refractivity contribution in [2.24, 2.45) is 5.92 Å². The summed E-state index contributed by atoms with van der Waals surface area (Å²) in [5, 5.41) is 2.95. The molecule has 1 heterocycles. The van der Waals surface area contributed by atoms with E-state index in [1.165, 1.54) is 16.4 Å². The van der Waals surface area contributed by atoms with Crippen LogP contribution in [0.5, 0.6) is 0 Å². The Morgan fingerprint density at radius 3 is 2.31 bits per heavy atom. The van der Waals surface area contributed by atoms with Gasteiger partial charge in [-0.15, -0.1) is 0 Å². The van der Waals surface area contributed by atoms with Crippen LogP contribution in [0, 0.1) is 11.7 Å². The number of sulfonamides is 1. The van der Waals surface area contributed by atoms with Gasteiger partial charge >= 0.3 is 0 Å². The minimum absolute atomic E-state index is 0.00372. The Balaban J connectivity index is 1.84. The fourth-order valence-corrected chi connectivity index (χ4v) is 4.61. The molecule has 0 atom stereocenters. The molecule has 2 rings (SSSR count). The topological polar surface area (TPSA) is 69.7 Å². The molecule has 1 saturated heterocycles. The molecule has 1 N–H and O–H groups in total. The van der Waals surface area contributed by atoms with Crippen LogP contribution in [-0.4, -0.2) is 62.8 Å². The highest BCUT2D eigenvalue weighted by atomic mass is 32.2. The molecule has 1 amide bonds. The van der Waals surface area contributed by atoms with Crippen LogP contribution in [0.25, 0.3) is 0 Å². The Labute approximate surface area is 155 Å². The van der Waals surface area contributed by atoms with Gasteiger partial charge in [0.2, 0.25) is 15.9 Å². The smallest absolute Gasteiger partial charge is 0.243 e. The molecule has 0 radical (unpaired) electrons. The van der Waals surface area contributed by atoms with Gasteiger partial charge in [0.05, 0.1) is 4.90 Å². The van der Waals surface area contributed by atoms with E-state index in [2.05, 4.69) is 24.1 Å². The normalized spacial score (nSPS) is 16.8. The summed E-state index contributed by atoms with van der Waals surface area (Å²) in [6.07, 6.45) is 0.995. The van der Waals surface area contributed by atoms with Crippen LogP contribution in [-0.2, 0) is 14.8 Å². The first-order valence-electron chi connectivity index (χ1n) is 9.14. The van der Waals surface area contributed by atoms with Crippen molar-refractivity contribution in [2.45, 2.75) is 31.6 Å². The van der Waals surface area contributed by atoms with Crippen molar-refractivity contribution < 1.29 is 17.6 Å². The summed E-state index contributed by atoms with van der Waals surface area (Å²) in [5.74, 6) is -0.633. The standard InChI is InChI=1S/C18H28FN3O3S/c1-3-21(4-2)14-11-20-18(23)15-9-12-22(13-10-15)26(24,25)17-7-5-16(19)6-8-17/h5-8,15H,3-4,9-14H2,1-2H3,(H,20,23). The average molecular weight is 386 g/mol. The number of carbonyl (C=O) groups is 1. The van der Waals surface area contributed by atoms with Gasteiger partial charge in [-0.1, -0.05) is 13.8 Å². The van der Waals surface area contributed by atoms with Crippen LogP contribution in [0.1, 0.15) is 26.7 Å². The summed E-state index contributed by atoms with van der Waals surface area (Å²) in [6.45, 7) is 8.09. The summed E-state index contributed by atoms with van der Waals surface area (Å²) in [6, 6.07) is 4.83. The number of nitrogens with one attached hydrogen (secondary N) is 1. The van der Waals surface area contributed by atoms with Crippen LogP contribution in [0.4, 0.5) is 4.39 Å². The van der Waals surface area contributed by atoms with E-state index in [0.29, 0.717) is 32.5 Å². The molecule has 0 bridgehead atoms. The highest BCUT2D eigenvalue weighted by Gasteiger charge is 2.31. The largest absolute Gasteiger partial charge is 0.355 e. The lowest BCUT2D eigenvalue weighted by Crippen LogP contribution is -2.44. The molecular formula is C18H28FN3O3S. The fraction of sp³-hybridized carbons (Fsp3) is 0.611. The zero-order chi connectivity index (χ0) is 19.2. The predicted molar refractivity (Wildman–Crippen MR) is 98.7 cm³/mol. The van der Waals surface area contributed by atoms with E-state index in [9.17, 15) is 17.6 Å². The van der Waals surface area contributed by atoms with Crippen LogP contribution in [0.15, 0.2) is 29.2 Å². The average Bonchev–Trinajstić information content (AvgIpc) is 2.65. The molecule has 0 spiro atoms. The van der Waals surface area contributed by atoms with Gasteiger partial charge in [0.1, 0.15) is 5.82 Å². The van der Waals surface area contributed by atoms with E-state index >= 15 is 0 Å². The van der Waals surface area contributed by atoms with Crippen LogP contribution in [0.2, 0.25) is 0 Å². The van der Waals surface area contributed by atoms with Gasteiger partial charge in [-0.3, -0.25) is 4.79 Å². The van der Waals surface area contributed by atoms with Crippen LogP contribution in [0.3, 0.4) is 0 Å². The SMILES string of the molecule is CCN(CC)CCNC(=O)C1CCN(S(=O)(=O)c2ccc(F)cc2)CC1. The summed E-state index contributed by atoms with van der Waals surface area (Å²) in [5.41, 5.74) is 0. The van der Waals surface area contributed by atoms with Crippen molar-refractivity contribution in [1.29, 1.82) is 0 Å². The van der Waals surface area contributed by atoms with E-state index in [1.54, 1.807) is 0 Å². The number of carbonyl (C=O) groups excluding carboxylic acids is 1. The number of benzene rings is 1. The van der Waals surface area contributed by atoms with E-state index < -0.39 is 15.8 Å². The second-order valence-electron chi connectivity index (χ2n) is 6.45. The zero-order valence-electron chi connectivity index (χ0n) is 15.4. The molecule has 8 heteroatoms. The third-order valence-corrected chi connectivity index (χ3v) is 6.81. The molecule has 146 valence electrons. The first-order chi connectivity index (χ1) is 12.4. The molecule has 1 fully saturated rings. The Morgan fingerprint density at radius 1 is 1.19 bits per heavy atom. The summed E-state index contributed by atoms with van der Waals surface area (Å²) in [4.78, 5) is 14.6. The van der Waals surface area contributed by atoms with E-state index in [0.717, 1.165) is 31.8 Å². The number of rotatable bonds is 8. The molecule has 0 unspecified atom stereocenters.